The minimum absolute atomic E-state index is 0.0601. The Balaban J connectivity index is 2.29. The molecule has 0 saturated heterocycles. The zero-order valence-electron chi connectivity index (χ0n) is 7.98. The molecule has 0 unspecified atom stereocenters. The van der Waals surface area contributed by atoms with Crippen molar-refractivity contribution in [1.82, 2.24) is 14.8 Å². The summed E-state index contributed by atoms with van der Waals surface area (Å²) in [5.74, 6) is -0.382. The van der Waals surface area contributed by atoms with Crippen molar-refractivity contribution in [3.8, 4) is 0 Å². The van der Waals surface area contributed by atoms with E-state index < -0.39 is 4.92 Å². The van der Waals surface area contributed by atoms with Crippen LogP contribution in [0, 0.1) is 10.1 Å². The number of aromatic nitrogens is 3. The topological polar surface area (TPSA) is 90.9 Å². The predicted molar refractivity (Wildman–Crippen MR) is 52.8 cm³/mol. The molecule has 1 aromatic carbocycles. The molecule has 7 nitrogen and oxygen atoms in total. The van der Waals surface area contributed by atoms with Gasteiger partial charge in [-0.15, -0.1) is 0 Å². The van der Waals surface area contributed by atoms with Crippen LogP contribution in [0.1, 0.15) is 10.4 Å². The molecule has 1 aromatic heterocycles. The Hall–Kier alpha value is -2.57. The summed E-state index contributed by atoms with van der Waals surface area (Å²) in [6, 6.07) is 5.29. The van der Waals surface area contributed by atoms with E-state index in [-0.39, 0.29) is 11.6 Å². The van der Waals surface area contributed by atoms with Crippen molar-refractivity contribution < 1.29 is 9.72 Å². The number of hydrogen-bond donors (Lipinski definition) is 0. The van der Waals surface area contributed by atoms with Gasteiger partial charge in [0.2, 0.25) is 0 Å². The number of non-ortho nitro benzene ring substituents is 1. The van der Waals surface area contributed by atoms with E-state index in [4.69, 9.17) is 0 Å². The SMILES string of the molecule is O=C(c1ccc([N+](=O)[O-])cc1)n1cncn1. The van der Waals surface area contributed by atoms with E-state index in [9.17, 15) is 14.9 Å². The van der Waals surface area contributed by atoms with E-state index >= 15 is 0 Å². The normalized spacial score (nSPS) is 10.0. The minimum atomic E-state index is -0.524. The Labute approximate surface area is 89.5 Å². The highest BCUT2D eigenvalue weighted by atomic mass is 16.6. The molecule has 0 amide bonds. The molecule has 0 atom stereocenters. The van der Waals surface area contributed by atoms with Gasteiger partial charge in [0.1, 0.15) is 12.7 Å². The van der Waals surface area contributed by atoms with Gasteiger partial charge in [-0.1, -0.05) is 0 Å². The quantitative estimate of drug-likeness (QED) is 0.551. The maximum Gasteiger partial charge on any atom is 0.279 e. The van der Waals surface area contributed by atoms with E-state index in [0.29, 0.717) is 5.56 Å². The number of benzene rings is 1. The summed E-state index contributed by atoms with van der Waals surface area (Å²) in [7, 11) is 0. The highest BCUT2D eigenvalue weighted by Gasteiger charge is 2.11. The van der Waals surface area contributed by atoms with Crippen molar-refractivity contribution >= 4 is 11.6 Å². The molecule has 7 heteroatoms. The maximum atomic E-state index is 11.7. The summed E-state index contributed by atoms with van der Waals surface area (Å²) in [5.41, 5.74) is 0.256. The second kappa shape index (κ2) is 3.89. The van der Waals surface area contributed by atoms with E-state index in [0.717, 1.165) is 4.68 Å². The van der Waals surface area contributed by atoms with Crippen LogP contribution in [0.3, 0.4) is 0 Å². The standard InChI is InChI=1S/C9H6N4O3/c14-9(12-6-10-5-11-12)7-1-3-8(4-2-7)13(15)16/h1-6H. The number of nitro groups is 1. The monoisotopic (exact) mass is 218 g/mol. The van der Waals surface area contributed by atoms with Gasteiger partial charge in [-0.05, 0) is 12.1 Å². The fourth-order valence-electron chi connectivity index (χ4n) is 1.17. The molecule has 0 aliphatic carbocycles. The van der Waals surface area contributed by atoms with Crippen molar-refractivity contribution in [3.63, 3.8) is 0 Å². The van der Waals surface area contributed by atoms with Gasteiger partial charge in [-0.25, -0.2) is 4.98 Å². The largest absolute Gasteiger partial charge is 0.279 e. The summed E-state index contributed by atoms with van der Waals surface area (Å²) < 4.78 is 1.06. The molecule has 16 heavy (non-hydrogen) atoms. The fraction of sp³-hybridized carbons (Fsp3) is 0. The summed E-state index contributed by atoms with van der Waals surface area (Å²) in [6.07, 6.45) is 2.51. The first-order valence-corrected chi connectivity index (χ1v) is 4.32. The third kappa shape index (κ3) is 1.78. The lowest BCUT2D eigenvalue weighted by Crippen LogP contribution is -2.12. The first-order valence-electron chi connectivity index (χ1n) is 4.32. The highest BCUT2D eigenvalue weighted by molar-refractivity contribution is 5.95. The van der Waals surface area contributed by atoms with E-state index in [1.807, 2.05) is 0 Å². The van der Waals surface area contributed by atoms with E-state index in [1.165, 1.54) is 36.9 Å². The molecular formula is C9H6N4O3. The van der Waals surface area contributed by atoms with Crippen LogP contribution in [0.2, 0.25) is 0 Å². The highest BCUT2D eigenvalue weighted by Crippen LogP contribution is 2.12. The number of hydrogen-bond acceptors (Lipinski definition) is 5. The Bertz CT molecular complexity index is 518. The molecule has 0 radical (unpaired) electrons. The molecular weight excluding hydrogens is 212 g/mol. The van der Waals surface area contributed by atoms with Gasteiger partial charge in [0, 0.05) is 17.7 Å². The van der Waals surface area contributed by atoms with Crippen molar-refractivity contribution in [2.75, 3.05) is 0 Å². The van der Waals surface area contributed by atoms with Crippen LogP contribution < -0.4 is 0 Å². The van der Waals surface area contributed by atoms with Crippen molar-refractivity contribution in [2.24, 2.45) is 0 Å². The zero-order valence-corrected chi connectivity index (χ0v) is 7.98. The molecule has 0 N–H and O–H groups in total. The third-order valence-electron chi connectivity index (χ3n) is 1.95. The fourth-order valence-corrected chi connectivity index (χ4v) is 1.17. The van der Waals surface area contributed by atoms with Crippen LogP contribution in [0.4, 0.5) is 5.69 Å². The molecule has 0 bridgehead atoms. The van der Waals surface area contributed by atoms with Gasteiger partial charge in [0.15, 0.2) is 0 Å². The number of nitrogens with zero attached hydrogens (tertiary/aromatic N) is 4. The molecule has 1 heterocycles. The first-order chi connectivity index (χ1) is 7.68. The van der Waals surface area contributed by atoms with Crippen molar-refractivity contribution in [2.45, 2.75) is 0 Å². The Kier molecular flexibility index (Phi) is 2.42. The second-order valence-corrected chi connectivity index (χ2v) is 2.95. The van der Waals surface area contributed by atoms with Gasteiger partial charge >= 0.3 is 0 Å². The molecule has 2 rings (SSSR count). The average Bonchev–Trinajstić information content (AvgIpc) is 2.81. The Morgan fingerprint density at radius 3 is 2.50 bits per heavy atom. The van der Waals surface area contributed by atoms with E-state index in [1.54, 1.807) is 0 Å². The minimum Gasteiger partial charge on any atom is -0.267 e. The number of nitro benzene ring substituents is 1. The second-order valence-electron chi connectivity index (χ2n) is 2.95. The summed E-state index contributed by atoms with van der Waals surface area (Å²) in [4.78, 5) is 25.2. The lowest BCUT2D eigenvalue weighted by Gasteiger charge is -1.98. The molecule has 0 aliphatic rings. The summed E-state index contributed by atoms with van der Waals surface area (Å²) in [5, 5.41) is 14.1. The van der Waals surface area contributed by atoms with Gasteiger partial charge in [0.05, 0.1) is 4.92 Å². The summed E-state index contributed by atoms with van der Waals surface area (Å²) in [6.45, 7) is 0. The Morgan fingerprint density at radius 2 is 2.00 bits per heavy atom. The Morgan fingerprint density at radius 1 is 1.31 bits per heavy atom. The van der Waals surface area contributed by atoms with Crippen molar-refractivity contribution in [1.29, 1.82) is 0 Å². The van der Waals surface area contributed by atoms with Crippen LogP contribution in [0.15, 0.2) is 36.9 Å². The van der Waals surface area contributed by atoms with Crippen molar-refractivity contribution in [3.05, 3.63) is 52.6 Å². The molecule has 0 saturated carbocycles. The van der Waals surface area contributed by atoms with Crippen LogP contribution in [0.25, 0.3) is 0 Å². The van der Waals surface area contributed by atoms with E-state index in [2.05, 4.69) is 10.1 Å². The zero-order chi connectivity index (χ0) is 11.5. The van der Waals surface area contributed by atoms with Gasteiger partial charge in [0.25, 0.3) is 11.6 Å². The molecule has 0 spiro atoms. The number of carbonyl (C=O) groups is 1. The average molecular weight is 218 g/mol. The maximum absolute atomic E-state index is 11.7. The molecule has 0 fully saturated rings. The van der Waals surface area contributed by atoms with Gasteiger partial charge in [-0.2, -0.15) is 9.78 Å². The van der Waals surface area contributed by atoms with Crippen LogP contribution in [0.5, 0.6) is 0 Å². The molecule has 2 aromatic rings. The first kappa shape index (κ1) is 9.97. The van der Waals surface area contributed by atoms with Crippen LogP contribution >= 0.6 is 0 Å². The lowest BCUT2D eigenvalue weighted by atomic mass is 10.2. The third-order valence-corrected chi connectivity index (χ3v) is 1.95. The number of carbonyl (C=O) groups excluding carboxylic acids is 1. The van der Waals surface area contributed by atoms with Crippen LogP contribution in [-0.4, -0.2) is 25.6 Å². The molecule has 80 valence electrons. The predicted octanol–water partition coefficient (Wildman–Crippen LogP) is 0.875. The lowest BCUT2D eigenvalue weighted by molar-refractivity contribution is -0.384. The van der Waals surface area contributed by atoms with Gasteiger partial charge in [-0.3, -0.25) is 14.9 Å². The summed E-state index contributed by atoms with van der Waals surface area (Å²) >= 11 is 0. The number of rotatable bonds is 2. The van der Waals surface area contributed by atoms with Gasteiger partial charge < -0.3 is 0 Å². The molecule has 0 aliphatic heterocycles. The van der Waals surface area contributed by atoms with Crippen LogP contribution in [-0.2, 0) is 0 Å². The smallest absolute Gasteiger partial charge is 0.267 e.